The van der Waals surface area contributed by atoms with E-state index in [0.717, 1.165) is 49.5 Å². The Kier molecular flexibility index (Phi) is 9.07. The third-order valence-electron chi connectivity index (χ3n) is 4.69. The molecule has 0 radical (unpaired) electrons. The van der Waals surface area contributed by atoms with Gasteiger partial charge in [-0.1, -0.05) is 28.1 Å². The van der Waals surface area contributed by atoms with E-state index in [-0.39, 0.29) is 5.91 Å². The molecule has 1 aliphatic rings. The summed E-state index contributed by atoms with van der Waals surface area (Å²) >= 11 is 3.49. The van der Waals surface area contributed by atoms with Crippen LogP contribution in [-0.4, -0.2) is 68.0 Å². The number of hydrogen-bond acceptors (Lipinski definition) is 3. The highest BCUT2D eigenvalue weighted by Crippen LogP contribution is 2.16. The molecule has 27 heavy (non-hydrogen) atoms. The van der Waals surface area contributed by atoms with Gasteiger partial charge in [-0.25, -0.2) is 0 Å². The molecule has 0 unspecified atom stereocenters. The number of benzene rings is 1. The first-order valence-electron chi connectivity index (χ1n) is 9.69. The van der Waals surface area contributed by atoms with Crippen LogP contribution >= 0.6 is 15.9 Å². The number of nitrogens with zero attached hydrogens (tertiary/aromatic N) is 3. The van der Waals surface area contributed by atoms with Crippen molar-refractivity contribution in [3.05, 3.63) is 34.3 Å². The molecular weight excluding hydrogens is 406 g/mol. The van der Waals surface area contributed by atoms with Gasteiger partial charge in [-0.15, -0.1) is 0 Å². The van der Waals surface area contributed by atoms with Gasteiger partial charge in [-0.2, -0.15) is 0 Å². The van der Waals surface area contributed by atoms with Crippen LogP contribution in [0.2, 0.25) is 0 Å². The molecule has 6 nitrogen and oxygen atoms in total. The average molecular weight is 438 g/mol. The number of halogens is 1. The fraction of sp³-hybridized carbons (Fsp3) is 0.600. The topological polar surface area (TPSA) is 60.0 Å². The lowest BCUT2D eigenvalue weighted by atomic mass is 10.0. The first kappa shape index (κ1) is 21.7. The summed E-state index contributed by atoms with van der Waals surface area (Å²) in [5.74, 6) is 0.922. The number of amides is 1. The maximum Gasteiger partial charge on any atom is 0.223 e. The minimum Gasteiger partial charge on any atom is -0.357 e. The number of carbonyl (C=O) groups excluding carboxylic acids is 1. The summed E-state index contributed by atoms with van der Waals surface area (Å²) < 4.78 is 1.12. The zero-order valence-electron chi connectivity index (χ0n) is 16.7. The second-order valence-electron chi connectivity index (χ2n) is 7.12. The van der Waals surface area contributed by atoms with E-state index >= 15 is 0 Å². The van der Waals surface area contributed by atoms with Crippen LogP contribution < -0.4 is 10.6 Å². The molecule has 1 aliphatic heterocycles. The van der Waals surface area contributed by atoms with Crippen molar-refractivity contribution in [2.75, 3.05) is 40.3 Å². The molecule has 0 spiro atoms. The standard InChI is InChI=1S/C20H32BrN5O/c1-4-22-20(23-12-9-19(27)25(2)3)24-18-10-13-26(14-11-18)15-16-5-7-17(21)8-6-16/h5-8,18H,4,9-15H2,1-3H3,(H2,22,23,24). The molecule has 1 saturated heterocycles. The first-order chi connectivity index (χ1) is 13.0. The molecule has 1 fully saturated rings. The van der Waals surface area contributed by atoms with Crippen LogP contribution in [0.25, 0.3) is 0 Å². The Hall–Kier alpha value is -1.60. The van der Waals surface area contributed by atoms with Gasteiger partial charge >= 0.3 is 0 Å². The zero-order valence-corrected chi connectivity index (χ0v) is 18.3. The predicted octanol–water partition coefficient (Wildman–Crippen LogP) is 2.45. The molecule has 0 atom stereocenters. The lowest BCUT2D eigenvalue weighted by Crippen LogP contribution is -2.48. The highest BCUT2D eigenvalue weighted by Gasteiger charge is 2.20. The SMILES string of the molecule is CCNC(=NCCC(=O)N(C)C)NC1CCN(Cc2ccc(Br)cc2)CC1. The number of hydrogen-bond donors (Lipinski definition) is 2. The number of likely N-dealkylation sites (tertiary alicyclic amines) is 1. The summed E-state index contributed by atoms with van der Waals surface area (Å²) in [7, 11) is 3.55. The smallest absolute Gasteiger partial charge is 0.223 e. The van der Waals surface area contributed by atoms with E-state index < -0.39 is 0 Å². The van der Waals surface area contributed by atoms with Gasteiger partial charge in [0.05, 0.1) is 6.54 Å². The van der Waals surface area contributed by atoms with Crippen LogP contribution in [-0.2, 0) is 11.3 Å². The van der Waals surface area contributed by atoms with Crippen LogP contribution in [0.4, 0.5) is 0 Å². The molecule has 150 valence electrons. The average Bonchev–Trinajstić information content (AvgIpc) is 2.65. The molecule has 0 saturated carbocycles. The second kappa shape index (κ2) is 11.3. The quantitative estimate of drug-likeness (QED) is 0.507. The number of aliphatic imine (C=N–C) groups is 1. The molecule has 1 aromatic carbocycles. The number of carbonyl (C=O) groups is 1. The van der Waals surface area contributed by atoms with Gasteiger partial charge in [0.2, 0.25) is 5.91 Å². The molecule has 1 amide bonds. The third kappa shape index (κ3) is 7.89. The molecule has 1 aromatic rings. The number of nitrogens with one attached hydrogen (secondary N) is 2. The highest BCUT2D eigenvalue weighted by atomic mass is 79.9. The Morgan fingerprint density at radius 3 is 2.52 bits per heavy atom. The van der Waals surface area contributed by atoms with Crippen LogP contribution in [0.3, 0.4) is 0 Å². The fourth-order valence-electron chi connectivity index (χ4n) is 3.08. The van der Waals surface area contributed by atoms with Gasteiger partial charge in [0, 0.05) is 57.2 Å². The Bertz CT molecular complexity index is 609. The van der Waals surface area contributed by atoms with E-state index in [1.165, 1.54) is 5.56 Å². The predicted molar refractivity (Wildman–Crippen MR) is 115 cm³/mol. The molecule has 2 N–H and O–H groups in total. The van der Waals surface area contributed by atoms with Gasteiger partial charge in [-0.3, -0.25) is 14.7 Å². The first-order valence-corrected chi connectivity index (χ1v) is 10.5. The third-order valence-corrected chi connectivity index (χ3v) is 5.22. The Morgan fingerprint density at radius 1 is 1.26 bits per heavy atom. The lowest BCUT2D eigenvalue weighted by Gasteiger charge is -2.33. The van der Waals surface area contributed by atoms with E-state index in [1.807, 2.05) is 0 Å². The van der Waals surface area contributed by atoms with Crippen molar-refractivity contribution in [2.24, 2.45) is 4.99 Å². The van der Waals surface area contributed by atoms with Gasteiger partial charge in [-0.05, 0) is 37.5 Å². The van der Waals surface area contributed by atoms with Crippen molar-refractivity contribution < 1.29 is 4.79 Å². The van der Waals surface area contributed by atoms with E-state index in [9.17, 15) is 4.79 Å². The minimum atomic E-state index is 0.107. The van der Waals surface area contributed by atoms with Crippen molar-refractivity contribution in [3.8, 4) is 0 Å². The van der Waals surface area contributed by atoms with E-state index in [1.54, 1.807) is 19.0 Å². The summed E-state index contributed by atoms with van der Waals surface area (Å²) in [6.45, 7) is 6.53. The number of piperidine rings is 1. The van der Waals surface area contributed by atoms with Gasteiger partial charge in [0.1, 0.15) is 0 Å². The molecule has 2 rings (SSSR count). The minimum absolute atomic E-state index is 0.107. The van der Waals surface area contributed by atoms with Crippen molar-refractivity contribution in [3.63, 3.8) is 0 Å². The number of rotatable bonds is 7. The van der Waals surface area contributed by atoms with E-state index in [0.29, 0.717) is 19.0 Å². The van der Waals surface area contributed by atoms with Crippen molar-refractivity contribution in [1.29, 1.82) is 0 Å². The Labute approximate surface area is 171 Å². The molecule has 0 aliphatic carbocycles. The van der Waals surface area contributed by atoms with Crippen molar-refractivity contribution in [2.45, 2.75) is 38.8 Å². The van der Waals surface area contributed by atoms with Crippen LogP contribution in [0.5, 0.6) is 0 Å². The molecule has 0 bridgehead atoms. The monoisotopic (exact) mass is 437 g/mol. The van der Waals surface area contributed by atoms with Crippen LogP contribution in [0.15, 0.2) is 33.7 Å². The van der Waals surface area contributed by atoms with Gasteiger partial charge < -0.3 is 15.5 Å². The van der Waals surface area contributed by atoms with Gasteiger partial charge in [0.25, 0.3) is 0 Å². The summed E-state index contributed by atoms with van der Waals surface area (Å²) in [5.41, 5.74) is 1.35. The summed E-state index contributed by atoms with van der Waals surface area (Å²) in [6, 6.07) is 8.99. The Morgan fingerprint density at radius 2 is 1.93 bits per heavy atom. The Balaban J connectivity index is 1.77. The highest BCUT2D eigenvalue weighted by molar-refractivity contribution is 9.10. The maximum absolute atomic E-state index is 11.7. The molecular formula is C20H32BrN5O. The van der Waals surface area contributed by atoms with Crippen molar-refractivity contribution >= 4 is 27.8 Å². The normalized spacial score (nSPS) is 16.2. The van der Waals surface area contributed by atoms with Crippen LogP contribution in [0, 0.1) is 0 Å². The summed E-state index contributed by atoms with van der Waals surface area (Å²) in [6.07, 6.45) is 2.63. The van der Waals surface area contributed by atoms with Gasteiger partial charge in [0.15, 0.2) is 5.96 Å². The zero-order chi connectivity index (χ0) is 19.6. The maximum atomic E-state index is 11.7. The number of guanidine groups is 1. The molecule has 7 heteroatoms. The van der Waals surface area contributed by atoms with Crippen LogP contribution in [0.1, 0.15) is 31.7 Å². The van der Waals surface area contributed by atoms with E-state index in [2.05, 4.69) is 67.6 Å². The molecule has 0 aromatic heterocycles. The second-order valence-corrected chi connectivity index (χ2v) is 8.04. The fourth-order valence-corrected chi connectivity index (χ4v) is 3.35. The van der Waals surface area contributed by atoms with E-state index in [4.69, 9.17) is 0 Å². The largest absolute Gasteiger partial charge is 0.357 e. The summed E-state index contributed by atoms with van der Waals surface area (Å²) in [4.78, 5) is 20.3. The van der Waals surface area contributed by atoms with Crippen molar-refractivity contribution in [1.82, 2.24) is 20.4 Å². The summed E-state index contributed by atoms with van der Waals surface area (Å²) in [5, 5.41) is 6.82. The lowest BCUT2D eigenvalue weighted by molar-refractivity contribution is -0.128. The molecule has 1 heterocycles.